The van der Waals surface area contributed by atoms with Crippen molar-refractivity contribution in [2.75, 3.05) is 6.61 Å². The normalized spacial score (nSPS) is 15.7. The third kappa shape index (κ3) is 3.08. The summed E-state index contributed by atoms with van der Waals surface area (Å²) in [5, 5.41) is 2.48. The molecule has 0 aromatic heterocycles. The molecule has 2 nitrogen and oxygen atoms in total. The van der Waals surface area contributed by atoms with Crippen LogP contribution in [0.2, 0.25) is 0 Å². The van der Waals surface area contributed by atoms with Crippen molar-refractivity contribution in [3.8, 4) is 5.75 Å². The minimum Gasteiger partial charge on any atom is -0.494 e. The van der Waals surface area contributed by atoms with Crippen molar-refractivity contribution in [2.45, 2.75) is 32.2 Å². The molecule has 0 bridgehead atoms. The van der Waals surface area contributed by atoms with Crippen molar-refractivity contribution in [3.05, 3.63) is 42.0 Å². The average Bonchev–Trinajstić information content (AvgIpc) is 3.22. The molecule has 0 amide bonds. The molecule has 1 aliphatic carbocycles. The van der Waals surface area contributed by atoms with Crippen LogP contribution in [0.25, 0.3) is 10.8 Å². The zero-order valence-corrected chi connectivity index (χ0v) is 12.7. The van der Waals surface area contributed by atoms with Gasteiger partial charge in [-0.05, 0) is 36.1 Å². The van der Waals surface area contributed by atoms with Crippen LogP contribution >= 0.6 is 12.4 Å². The van der Waals surface area contributed by atoms with Crippen molar-refractivity contribution in [1.82, 2.24) is 0 Å². The largest absolute Gasteiger partial charge is 0.494 e. The fourth-order valence-corrected chi connectivity index (χ4v) is 2.77. The maximum Gasteiger partial charge on any atom is 0.124 e. The molecule has 2 aromatic carbocycles. The average molecular weight is 292 g/mol. The molecule has 0 saturated heterocycles. The highest BCUT2D eigenvalue weighted by atomic mass is 35.5. The Hall–Kier alpha value is -1.25. The van der Waals surface area contributed by atoms with E-state index in [1.807, 2.05) is 6.92 Å². The van der Waals surface area contributed by atoms with E-state index in [1.165, 1.54) is 29.2 Å². The number of halogens is 1. The van der Waals surface area contributed by atoms with Crippen LogP contribution in [0.1, 0.15) is 37.8 Å². The highest BCUT2D eigenvalue weighted by molar-refractivity contribution is 5.88. The lowest BCUT2D eigenvalue weighted by atomic mass is 9.95. The van der Waals surface area contributed by atoms with Gasteiger partial charge < -0.3 is 10.5 Å². The van der Waals surface area contributed by atoms with Crippen LogP contribution in [-0.4, -0.2) is 6.61 Å². The van der Waals surface area contributed by atoms with Gasteiger partial charge in [0.25, 0.3) is 0 Å². The monoisotopic (exact) mass is 291 g/mol. The first-order chi connectivity index (χ1) is 9.29. The Labute approximate surface area is 126 Å². The van der Waals surface area contributed by atoms with Crippen LogP contribution in [0.4, 0.5) is 0 Å². The molecule has 2 aromatic rings. The van der Waals surface area contributed by atoms with E-state index in [2.05, 4.69) is 36.4 Å². The second-order valence-electron chi connectivity index (χ2n) is 5.42. The predicted octanol–water partition coefficient (Wildman–Crippen LogP) is 4.46. The molecule has 0 spiro atoms. The molecule has 1 aliphatic rings. The third-order valence-corrected chi connectivity index (χ3v) is 3.89. The van der Waals surface area contributed by atoms with Gasteiger partial charge in [0.05, 0.1) is 6.61 Å². The molecular formula is C17H22ClNO. The molecule has 1 saturated carbocycles. The number of ether oxygens (including phenoxy) is 1. The van der Waals surface area contributed by atoms with Crippen molar-refractivity contribution in [3.63, 3.8) is 0 Å². The van der Waals surface area contributed by atoms with Gasteiger partial charge in [-0.3, -0.25) is 0 Å². The van der Waals surface area contributed by atoms with Crippen molar-refractivity contribution >= 4 is 23.2 Å². The number of fused-ring (bicyclic) bond motifs is 1. The minimum absolute atomic E-state index is 0. The van der Waals surface area contributed by atoms with Gasteiger partial charge in [-0.25, -0.2) is 0 Å². The molecule has 1 fully saturated rings. The molecule has 1 atom stereocenters. The van der Waals surface area contributed by atoms with Crippen molar-refractivity contribution in [2.24, 2.45) is 11.7 Å². The first-order valence-electron chi connectivity index (χ1n) is 7.19. The van der Waals surface area contributed by atoms with Crippen LogP contribution in [0.5, 0.6) is 5.75 Å². The molecule has 20 heavy (non-hydrogen) atoms. The van der Waals surface area contributed by atoms with E-state index >= 15 is 0 Å². The Kier molecular flexibility index (Phi) is 4.90. The maximum absolute atomic E-state index is 6.45. The Bertz CT molecular complexity index is 580. The Morgan fingerprint density at radius 3 is 2.65 bits per heavy atom. The second-order valence-corrected chi connectivity index (χ2v) is 5.42. The number of nitrogens with two attached hydrogens (primary N) is 1. The van der Waals surface area contributed by atoms with Gasteiger partial charge in [-0.2, -0.15) is 0 Å². The number of hydrogen-bond donors (Lipinski definition) is 1. The molecule has 0 heterocycles. The summed E-state index contributed by atoms with van der Waals surface area (Å²) in [6.07, 6.45) is 3.75. The molecular weight excluding hydrogens is 270 g/mol. The highest BCUT2D eigenvalue weighted by Gasteiger charge is 2.26. The van der Waals surface area contributed by atoms with Gasteiger partial charge in [0.1, 0.15) is 5.75 Å². The predicted molar refractivity (Wildman–Crippen MR) is 86.6 cm³/mol. The number of benzene rings is 2. The first kappa shape index (κ1) is 15.1. The van der Waals surface area contributed by atoms with E-state index in [4.69, 9.17) is 10.5 Å². The lowest BCUT2D eigenvalue weighted by Gasteiger charge is -2.19. The van der Waals surface area contributed by atoms with E-state index in [1.54, 1.807) is 0 Å². The molecule has 2 N–H and O–H groups in total. The number of rotatable bonds is 5. The quantitative estimate of drug-likeness (QED) is 0.883. The van der Waals surface area contributed by atoms with Gasteiger partial charge in [-0.15, -0.1) is 12.4 Å². The number of hydrogen-bond acceptors (Lipinski definition) is 2. The second kappa shape index (κ2) is 6.47. The highest BCUT2D eigenvalue weighted by Crippen LogP contribution is 2.41. The Balaban J connectivity index is 0.00000147. The van der Waals surface area contributed by atoms with E-state index in [0.29, 0.717) is 6.61 Å². The summed E-state index contributed by atoms with van der Waals surface area (Å²) in [7, 11) is 0. The topological polar surface area (TPSA) is 35.2 Å². The summed E-state index contributed by atoms with van der Waals surface area (Å²) in [6, 6.07) is 12.7. The van der Waals surface area contributed by atoms with E-state index in [9.17, 15) is 0 Å². The summed E-state index contributed by atoms with van der Waals surface area (Å²) in [5.74, 6) is 1.78. The van der Waals surface area contributed by atoms with E-state index < -0.39 is 0 Å². The fraction of sp³-hybridized carbons (Fsp3) is 0.412. The molecule has 3 rings (SSSR count). The zero-order chi connectivity index (χ0) is 13.2. The standard InChI is InChI=1S/C17H21NO.ClH/c1-2-19-16-10-9-13-5-3-4-6-14(13)17(16)15(18)11-12-7-8-12;/h3-6,9-10,12,15H,2,7-8,11,18H2,1H3;1H/t15-;/m1./s1. The van der Waals surface area contributed by atoms with Crippen LogP contribution in [-0.2, 0) is 0 Å². The van der Waals surface area contributed by atoms with Gasteiger partial charge in [0, 0.05) is 11.6 Å². The first-order valence-corrected chi connectivity index (χ1v) is 7.19. The summed E-state index contributed by atoms with van der Waals surface area (Å²) in [5.41, 5.74) is 7.64. The van der Waals surface area contributed by atoms with Gasteiger partial charge in [0.2, 0.25) is 0 Å². The van der Waals surface area contributed by atoms with Crippen LogP contribution in [0, 0.1) is 5.92 Å². The maximum atomic E-state index is 6.45. The lowest BCUT2D eigenvalue weighted by Crippen LogP contribution is -2.13. The van der Waals surface area contributed by atoms with E-state index in [-0.39, 0.29) is 18.4 Å². The fourth-order valence-electron chi connectivity index (χ4n) is 2.77. The van der Waals surface area contributed by atoms with E-state index in [0.717, 1.165) is 18.1 Å². The van der Waals surface area contributed by atoms with Crippen LogP contribution in [0.15, 0.2) is 36.4 Å². The third-order valence-electron chi connectivity index (χ3n) is 3.89. The molecule has 0 aliphatic heterocycles. The summed E-state index contributed by atoms with van der Waals surface area (Å²) in [4.78, 5) is 0. The SMILES string of the molecule is CCOc1ccc2ccccc2c1[C@H](N)CC1CC1.Cl. The van der Waals surface area contributed by atoms with Gasteiger partial charge in [0.15, 0.2) is 0 Å². The summed E-state index contributed by atoms with van der Waals surface area (Å²) < 4.78 is 5.79. The molecule has 3 heteroatoms. The van der Waals surface area contributed by atoms with Crippen molar-refractivity contribution in [1.29, 1.82) is 0 Å². The molecule has 108 valence electrons. The summed E-state index contributed by atoms with van der Waals surface area (Å²) >= 11 is 0. The van der Waals surface area contributed by atoms with Crippen LogP contribution in [0.3, 0.4) is 0 Å². The Morgan fingerprint density at radius 1 is 1.20 bits per heavy atom. The molecule has 0 unspecified atom stereocenters. The van der Waals surface area contributed by atoms with Crippen LogP contribution < -0.4 is 10.5 Å². The van der Waals surface area contributed by atoms with Crippen molar-refractivity contribution < 1.29 is 4.74 Å². The van der Waals surface area contributed by atoms with Gasteiger partial charge in [-0.1, -0.05) is 43.2 Å². The zero-order valence-electron chi connectivity index (χ0n) is 11.8. The molecule has 0 radical (unpaired) electrons. The minimum atomic E-state index is 0. The Morgan fingerprint density at radius 2 is 1.95 bits per heavy atom. The lowest BCUT2D eigenvalue weighted by molar-refractivity contribution is 0.334. The smallest absolute Gasteiger partial charge is 0.124 e. The summed E-state index contributed by atoms with van der Waals surface area (Å²) in [6.45, 7) is 2.70. The van der Waals surface area contributed by atoms with Gasteiger partial charge >= 0.3 is 0 Å².